The third-order valence-electron chi connectivity index (χ3n) is 2.49. The van der Waals surface area contributed by atoms with Crippen molar-refractivity contribution >= 4 is 23.1 Å². The zero-order chi connectivity index (χ0) is 12.1. The topological polar surface area (TPSA) is 12.9 Å². The number of hydrogen-bond acceptors (Lipinski definition) is 3. The van der Waals surface area contributed by atoms with Crippen LogP contribution in [-0.2, 0) is 12.2 Å². The molecule has 1 aromatic heterocycles. The average molecular weight is 263 g/mol. The molecule has 1 heterocycles. The summed E-state index contributed by atoms with van der Waals surface area (Å²) in [4.78, 5) is 5.95. The molecule has 0 spiro atoms. The van der Waals surface area contributed by atoms with Crippen LogP contribution in [0.1, 0.15) is 29.6 Å². The Balaban J connectivity index is 1.90. The number of thiazole rings is 1. The van der Waals surface area contributed by atoms with Gasteiger partial charge in [0.2, 0.25) is 0 Å². The number of rotatable bonds is 5. The van der Waals surface area contributed by atoms with Crippen molar-refractivity contribution in [1.82, 2.24) is 4.98 Å². The molecule has 1 nitrogen and oxygen atoms in total. The SMILES string of the molecule is CCCc1csc(CSc2ccc(C)cc2)n1. The van der Waals surface area contributed by atoms with Crippen LogP contribution in [0.5, 0.6) is 0 Å². The van der Waals surface area contributed by atoms with Crippen molar-refractivity contribution in [3.05, 3.63) is 45.9 Å². The Labute approximate surface area is 111 Å². The Bertz CT molecular complexity index is 459. The van der Waals surface area contributed by atoms with E-state index in [0.29, 0.717) is 0 Å². The van der Waals surface area contributed by atoms with Crippen molar-refractivity contribution in [2.24, 2.45) is 0 Å². The first kappa shape index (κ1) is 12.7. The predicted molar refractivity (Wildman–Crippen MR) is 76.8 cm³/mol. The molecular formula is C14H17NS2. The molecule has 0 radical (unpaired) electrons. The van der Waals surface area contributed by atoms with E-state index in [2.05, 4.69) is 48.5 Å². The second-order valence-corrected chi connectivity index (χ2v) is 6.08. The minimum atomic E-state index is 0.984. The second kappa shape index (κ2) is 6.22. The third kappa shape index (κ3) is 3.86. The summed E-state index contributed by atoms with van der Waals surface area (Å²) in [5.74, 6) is 0.984. The summed E-state index contributed by atoms with van der Waals surface area (Å²) < 4.78 is 0. The van der Waals surface area contributed by atoms with Gasteiger partial charge in [-0.15, -0.1) is 23.1 Å². The van der Waals surface area contributed by atoms with E-state index in [1.165, 1.54) is 27.6 Å². The van der Waals surface area contributed by atoms with Crippen molar-refractivity contribution in [3.63, 3.8) is 0 Å². The van der Waals surface area contributed by atoms with Crippen molar-refractivity contribution in [2.75, 3.05) is 0 Å². The number of aromatic nitrogens is 1. The van der Waals surface area contributed by atoms with Crippen LogP contribution in [0.4, 0.5) is 0 Å². The zero-order valence-electron chi connectivity index (χ0n) is 10.3. The van der Waals surface area contributed by atoms with Crippen LogP contribution in [0.2, 0.25) is 0 Å². The summed E-state index contributed by atoms with van der Waals surface area (Å²) in [5, 5.41) is 3.42. The van der Waals surface area contributed by atoms with E-state index in [-0.39, 0.29) is 0 Å². The molecule has 0 amide bonds. The van der Waals surface area contributed by atoms with Gasteiger partial charge in [-0.1, -0.05) is 31.0 Å². The summed E-state index contributed by atoms with van der Waals surface area (Å²) >= 11 is 3.64. The first-order chi connectivity index (χ1) is 8.28. The fourth-order valence-electron chi connectivity index (χ4n) is 1.57. The lowest BCUT2D eigenvalue weighted by Gasteiger charge is -1.99. The monoisotopic (exact) mass is 263 g/mol. The molecule has 0 aliphatic rings. The summed E-state index contributed by atoms with van der Waals surface area (Å²) in [7, 11) is 0. The van der Waals surface area contributed by atoms with E-state index in [1.54, 1.807) is 11.3 Å². The summed E-state index contributed by atoms with van der Waals surface area (Å²) in [6.45, 7) is 4.31. The molecular weight excluding hydrogens is 246 g/mol. The highest BCUT2D eigenvalue weighted by Crippen LogP contribution is 2.24. The lowest BCUT2D eigenvalue weighted by molar-refractivity contribution is 0.887. The first-order valence-corrected chi connectivity index (χ1v) is 7.77. The lowest BCUT2D eigenvalue weighted by atomic mass is 10.2. The van der Waals surface area contributed by atoms with Crippen LogP contribution in [0.25, 0.3) is 0 Å². The average Bonchev–Trinajstić information content (AvgIpc) is 2.77. The molecule has 0 atom stereocenters. The van der Waals surface area contributed by atoms with Crippen LogP contribution >= 0.6 is 23.1 Å². The molecule has 1 aromatic carbocycles. The Morgan fingerprint density at radius 2 is 2.00 bits per heavy atom. The maximum Gasteiger partial charge on any atom is 0.103 e. The van der Waals surface area contributed by atoms with Gasteiger partial charge in [0, 0.05) is 10.3 Å². The Hall–Kier alpha value is -0.800. The van der Waals surface area contributed by atoms with Gasteiger partial charge in [0.15, 0.2) is 0 Å². The molecule has 0 unspecified atom stereocenters. The molecule has 0 bridgehead atoms. The van der Waals surface area contributed by atoms with Crippen LogP contribution in [0.3, 0.4) is 0 Å². The maximum atomic E-state index is 4.63. The summed E-state index contributed by atoms with van der Waals surface area (Å²) in [6.07, 6.45) is 2.28. The van der Waals surface area contributed by atoms with E-state index >= 15 is 0 Å². The van der Waals surface area contributed by atoms with Gasteiger partial charge in [-0.05, 0) is 25.5 Å². The molecule has 17 heavy (non-hydrogen) atoms. The summed E-state index contributed by atoms with van der Waals surface area (Å²) in [6, 6.07) is 8.68. The molecule has 2 rings (SSSR count). The van der Waals surface area contributed by atoms with E-state index in [9.17, 15) is 0 Å². The number of benzene rings is 1. The largest absolute Gasteiger partial charge is 0.245 e. The third-order valence-corrected chi connectivity index (χ3v) is 4.59. The standard InChI is InChI=1S/C14H17NS2/c1-3-4-12-9-17-14(15-12)10-16-13-7-5-11(2)6-8-13/h5-9H,3-4,10H2,1-2H3. The maximum absolute atomic E-state index is 4.63. The van der Waals surface area contributed by atoms with Gasteiger partial charge in [0.1, 0.15) is 5.01 Å². The fraction of sp³-hybridized carbons (Fsp3) is 0.357. The molecule has 0 saturated carbocycles. The molecule has 0 N–H and O–H groups in total. The molecule has 3 heteroatoms. The molecule has 0 aliphatic carbocycles. The van der Waals surface area contributed by atoms with Crippen LogP contribution in [0.15, 0.2) is 34.5 Å². The van der Waals surface area contributed by atoms with Gasteiger partial charge in [0.25, 0.3) is 0 Å². The zero-order valence-corrected chi connectivity index (χ0v) is 11.9. The van der Waals surface area contributed by atoms with Crippen LogP contribution in [0, 0.1) is 6.92 Å². The van der Waals surface area contributed by atoms with E-state index in [0.717, 1.165) is 12.2 Å². The lowest BCUT2D eigenvalue weighted by Crippen LogP contribution is -1.84. The van der Waals surface area contributed by atoms with Gasteiger partial charge in [-0.25, -0.2) is 4.98 Å². The number of nitrogens with zero attached hydrogens (tertiary/aromatic N) is 1. The van der Waals surface area contributed by atoms with Gasteiger partial charge in [-0.3, -0.25) is 0 Å². The predicted octanol–water partition coefficient (Wildman–Crippen LogP) is 4.70. The minimum Gasteiger partial charge on any atom is -0.245 e. The molecule has 0 fully saturated rings. The number of aryl methyl sites for hydroxylation is 2. The van der Waals surface area contributed by atoms with Crippen molar-refractivity contribution < 1.29 is 0 Å². The molecule has 90 valence electrons. The fourth-order valence-corrected chi connectivity index (χ4v) is 3.31. The highest BCUT2D eigenvalue weighted by molar-refractivity contribution is 7.98. The molecule has 2 aromatic rings. The van der Waals surface area contributed by atoms with Gasteiger partial charge >= 0.3 is 0 Å². The first-order valence-electron chi connectivity index (χ1n) is 5.90. The highest BCUT2D eigenvalue weighted by Gasteiger charge is 2.02. The minimum absolute atomic E-state index is 0.984. The highest BCUT2D eigenvalue weighted by atomic mass is 32.2. The van der Waals surface area contributed by atoms with Crippen LogP contribution < -0.4 is 0 Å². The van der Waals surface area contributed by atoms with Gasteiger partial charge in [-0.2, -0.15) is 0 Å². The Morgan fingerprint density at radius 3 is 2.71 bits per heavy atom. The van der Waals surface area contributed by atoms with E-state index < -0.39 is 0 Å². The van der Waals surface area contributed by atoms with Crippen molar-refractivity contribution in [2.45, 2.75) is 37.3 Å². The van der Waals surface area contributed by atoms with Crippen LogP contribution in [-0.4, -0.2) is 4.98 Å². The van der Waals surface area contributed by atoms with E-state index in [1.807, 2.05) is 11.8 Å². The molecule has 0 saturated heterocycles. The Morgan fingerprint density at radius 1 is 1.24 bits per heavy atom. The molecule has 0 aliphatic heterocycles. The normalized spacial score (nSPS) is 10.7. The Kier molecular flexibility index (Phi) is 4.63. The van der Waals surface area contributed by atoms with Crippen molar-refractivity contribution in [3.8, 4) is 0 Å². The van der Waals surface area contributed by atoms with Crippen molar-refractivity contribution in [1.29, 1.82) is 0 Å². The van der Waals surface area contributed by atoms with Gasteiger partial charge in [0.05, 0.1) is 11.4 Å². The number of hydrogen-bond donors (Lipinski definition) is 0. The quantitative estimate of drug-likeness (QED) is 0.725. The van der Waals surface area contributed by atoms with Gasteiger partial charge < -0.3 is 0 Å². The number of thioether (sulfide) groups is 1. The smallest absolute Gasteiger partial charge is 0.103 e. The van der Waals surface area contributed by atoms with E-state index in [4.69, 9.17) is 0 Å². The summed E-state index contributed by atoms with van der Waals surface area (Å²) in [5.41, 5.74) is 2.56. The second-order valence-electron chi connectivity index (χ2n) is 4.08.